The van der Waals surface area contributed by atoms with Gasteiger partial charge in [0.2, 0.25) is 0 Å². The molecule has 0 saturated heterocycles. The van der Waals surface area contributed by atoms with Gasteiger partial charge in [-0.2, -0.15) is 0 Å². The van der Waals surface area contributed by atoms with Crippen molar-refractivity contribution in [2.45, 2.75) is 118 Å². The van der Waals surface area contributed by atoms with E-state index in [9.17, 15) is 0 Å². The standard InChI is InChI=1S/2C14H22O.2C5H5.Zr/c2*1-13(2,3)10-7-11(14(4,5)6)9-12(15)8-10;2*1-2-4-5-3-1;/h2*7-9,15H,1-6H3;2*1-3H,4H2;/q;;;;+2/p-2. The molecule has 41 heavy (non-hydrogen) atoms. The molecular formula is C38H52O2Zr. The second-order valence-corrected chi connectivity index (χ2v) is 23.2. The van der Waals surface area contributed by atoms with Gasteiger partial charge in [-0.15, -0.1) is 0 Å². The molecule has 2 aromatic carbocycles. The summed E-state index contributed by atoms with van der Waals surface area (Å²) in [6, 6.07) is 13.8. The Kier molecular flexibility index (Phi) is 8.68. The molecule has 0 amide bonds. The minimum absolute atomic E-state index is 0.00339. The van der Waals surface area contributed by atoms with Gasteiger partial charge in [0.15, 0.2) is 0 Å². The first kappa shape index (κ1) is 31.8. The third-order valence-corrected chi connectivity index (χ3v) is 16.7. The van der Waals surface area contributed by atoms with Gasteiger partial charge in [-0.3, -0.25) is 0 Å². The van der Waals surface area contributed by atoms with Crippen molar-refractivity contribution in [3.63, 3.8) is 0 Å². The molecule has 2 nitrogen and oxygen atoms in total. The first-order chi connectivity index (χ1) is 18.8. The van der Waals surface area contributed by atoms with Crippen LogP contribution in [0.3, 0.4) is 0 Å². The van der Waals surface area contributed by atoms with E-state index in [4.69, 9.17) is 5.63 Å². The summed E-state index contributed by atoms with van der Waals surface area (Å²) in [7, 11) is 0. The van der Waals surface area contributed by atoms with Crippen LogP contribution >= 0.6 is 0 Å². The van der Waals surface area contributed by atoms with E-state index in [0.29, 0.717) is 0 Å². The summed E-state index contributed by atoms with van der Waals surface area (Å²) in [5.41, 5.74) is 5.19. The SMILES string of the molecule is CC(C)(C)c1cc([O][Zr]([O]c2cc(C(C)(C)C)cc(C(C)(C)C)c2)([C]2=CC=CC2)[C]2=CC=CC2)cc(C(C)(C)C)c1. The molecule has 0 unspecified atom stereocenters. The molecule has 0 heterocycles. The van der Waals surface area contributed by atoms with E-state index >= 15 is 0 Å². The Balaban J connectivity index is 1.94. The van der Waals surface area contributed by atoms with E-state index in [1.54, 1.807) is 0 Å². The summed E-state index contributed by atoms with van der Waals surface area (Å²) in [6.45, 7) is 27.4. The van der Waals surface area contributed by atoms with E-state index in [0.717, 1.165) is 24.3 Å². The molecule has 3 heteroatoms. The zero-order valence-corrected chi connectivity index (χ0v) is 30.1. The molecule has 0 fully saturated rings. The van der Waals surface area contributed by atoms with E-state index in [1.165, 1.54) is 28.8 Å². The van der Waals surface area contributed by atoms with Crippen LogP contribution in [0.5, 0.6) is 11.5 Å². The molecule has 0 bridgehead atoms. The Morgan fingerprint density at radius 3 is 0.976 bits per heavy atom. The Hall–Kier alpha value is -2.12. The van der Waals surface area contributed by atoms with Crippen LogP contribution in [0.4, 0.5) is 0 Å². The van der Waals surface area contributed by atoms with Gasteiger partial charge in [-0.1, -0.05) is 0 Å². The molecule has 0 aromatic heterocycles. The number of allylic oxidation sites excluding steroid dienone is 8. The van der Waals surface area contributed by atoms with Crippen molar-refractivity contribution in [3.8, 4) is 11.5 Å². The molecule has 4 rings (SSSR count). The predicted molar refractivity (Wildman–Crippen MR) is 173 cm³/mol. The summed E-state index contributed by atoms with van der Waals surface area (Å²) in [6.07, 6.45) is 15.1. The second kappa shape index (κ2) is 11.2. The Morgan fingerprint density at radius 2 is 0.756 bits per heavy atom. The molecule has 0 radical (unpaired) electrons. The fourth-order valence-corrected chi connectivity index (χ4v) is 13.3. The van der Waals surface area contributed by atoms with Crippen molar-refractivity contribution in [1.82, 2.24) is 0 Å². The van der Waals surface area contributed by atoms with Crippen LogP contribution in [0, 0.1) is 0 Å². The van der Waals surface area contributed by atoms with Gasteiger partial charge in [-0.25, -0.2) is 0 Å². The quantitative estimate of drug-likeness (QED) is 0.316. The summed E-state index contributed by atoms with van der Waals surface area (Å²) in [4.78, 5) is 0. The summed E-state index contributed by atoms with van der Waals surface area (Å²) < 4.78 is 17.6. The molecule has 0 spiro atoms. The first-order valence-corrected chi connectivity index (χ1v) is 19.7. The number of hydrogen-bond donors (Lipinski definition) is 0. The van der Waals surface area contributed by atoms with E-state index < -0.39 is 21.1 Å². The van der Waals surface area contributed by atoms with Crippen LogP contribution < -0.4 is 5.63 Å². The van der Waals surface area contributed by atoms with Gasteiger partial charge in [0.05, 0.1) is 0 Å². The van der Waals surface area contributed by atoms with E-state index in [-0.39, 0.29) is 21.7 Å². The topological polar surface area (TPSA) is 18.5 Å². The fraction of sp³-hybridized carbons (Fsp3) is 0.474. The van der Waals surface area contributed by atoms with Crippen molar-refractivity contribution < 1.29 is 26.8 Å². The average molecular weight is 632 g/mol. The molecule has 2 aromatic rings. The normalized spacial score (nSPS) is 16.2. The van der Waals surface area contributed by atoms with Crippen molar-refractivity contribution in [3.05, 3.63) is 102 Å². The van der Waals surface area contributed by atoms with Crippen LogP contribution in [-0.2, 0) is 42.8 Å². The number of hydrogen-bond acceptors (Lipinski definition) is 2. The first-order valence-electron chi connectivity index (χ1n) is 15.2. The van der Waals surface area contributed by atoms with Crippen molar-refractivity contribution >= 4 is 0 Å². The maximum atomic E-state index is 7.47. The fourth-order valence-electron chi connectivity index (χ4n) is 5.25. The van der Waals surface area contributed by atoms with Gasteiger partial charge < -0.3 is 0 Å². The molecule has 0 saturated carbocycles. The molecule has 2 aliphatic carbocycles. The Bertz CT molecular complexity index is 1230. The Morgan fingerprint density at radius 1 is 0.463 bits per heavy atom. The predicted octanol–water partition coefficient (Wildman–Crippen LogP) is 11.0. The van der Waals surface area contributed by atoms with Crippen LogP contribution in [0.2, 0.25) is 0 Å². The number of benzene rings is 2. The third kappa shape index (κ3) is 7.28. The van der Waals surface area contributed by atoms with Crippen molar-refractivity contribution in [1.29, 1.82) is 0 Å². The zero-order chi connectivity index (χ0) is 30.4. The van der Waals surface area contributed by atoms with E-state index in [1.807, 2.05) is 0 Å². The van der Waals surface area contributed by atoms with Crippen LogP contribution in [-0.4, -0.2) is 0 Å². The molecular weight excluding hydrogens is 580 g/mol. The van der Waals surface area contributed by atoms with Crippen molar-refractivity contribution in [2.24, 2.45) is 0 Å². The van der Waals surface area contributed by atoms with Gasteiger partial charge in [0.1, 0.15) is 0 Å². The summed E-state index contributed by atoms with van der Waals surface area (Å²) in [5, 5.41) is 0. The zero-order valence-electron chi connectivity index (χ0n) is 27.7. The molecule has 0 N–H and O–H groups in total. The molecule has 220 valence electrons. The molecule has 0 aliphatic heterocycles. The summed E-state index contributed by atoms with van der Waals surface area (Å²) in [5.74, 6) is 1.86. The van der Waals surface area contributed by atoms with Gasteiger partial charge in [-0.05, 0) is 0 Å². The number of rotatable bonds is 6. The van der Waals surface area contributed by atoms with Gasteiger partial charge in [0, 0.05) is 0 Å². The molecule has 2 aliphatic rings. The van der Waals surface area contributed by atoms with Crippen LogP contribution in [0.15, 0.2) is 79.4 Å². The monoisotopic (exact) mass is 630 g/mol. The van der Waals surface area contributed by atoms with E-state index in [2.05, 4.69) is 156 Å². The second-order valence-electron chi connectivity index (χ2n) is 16.0. The van der Waals surface area contributed by atoms with Gasteiger partial charge in [0.25, 0.3) is 0 Å². The van der Waals surface area contributed by atoms with Crippen LogP contribution in [0.1, 0.15) is 118 Å². The Labute approximate surface area is 256 Å². The summed E-state index contributed by atoms with van der Waals surface area (Å²) >= 11 is -4.21. The minimum atomic E-state index is -4.21. The molecule has 0 atom stereocenters. The maximum absolute atomic E-state index is 7.47. The average Bonchev–Trinajstić information content (AvgIpc) is 3.56. The van der Waals surface area contributed by atoms with Gasteiger partial charge >= 0.3 is 258 Å². The third-order valence-electron chi connectivity index (χ3n) is 8.19. The van der Waals surface area contributed by atoms with Crippen molar-refractivity contribution in [2.75, 3.05) is 0 Å². The van der Waals surface area contributed by atoms with Crippen LogP contribution in [0.25, 0.3) is 0 Å².